The molecule has 0 aliphatic carbocycles. The SMILES string of the molecule is C1=PPCCC1. The summed E-state index contributed by atoms with van der Waals surface area (Å²) in [6.45, 7) is 0. The van der Waals surface area contributed by atoms with Gasteiger partial charge in [0.25, 0.3) is 0 Å². The van der Waals surface area contributed by atoms with Crippen molar-refractivity contribution in [3.05, 3.63) is 0 Å². The van der Waals surface area contributed by atoms with E-state index < -0.39 is 0 Å². The summed E-state index contributed by atoms with van der Waals surface area (Å²) in [5.74, 6) is 2.38. The molecular weight excluding hydrogens is 110 g/mol. The van der Waals surface area contributed by atoms with Crippen LogP contribution in [0.2, 0.25) is 0 Å². The van der Waals surface area contributed by atoms with E-state index in [4.69, 9.17) is 0 Å². The van der Waals surface area contributed by atoms with Crippen LogP contribution in [0.15, 0.2) is 0 Å². The Morgan fingerprint density at radius 1 is 1.67 bits per heavy atom. The van der Waals surface area contributed by atoms with E-state index in [0.717, 1.165) is 0 Å². The Kier molecular flexibility index (Phi) is 2.15. The van der Waals surface area contributed by atoms with Crippen LogP contribution in [-0.4, -0.2) is 12.0 Å². The first-order valence-electron chi connectivity index (χ1n) is 2.24. The second-order valence-corrected chi connectivity index (χ2v) is 4.52. The van der Waals surface area contributed by atoms with Crippen molar-refractivity contribution in [1.29, 1.82) is 0 Å². The van der Waals surface area contributed by atoms with Gasteiger partial charge in [-0.25, -0.2) is 0 Å². The van der Waals surface area contributed by atoms with Crippen LogP contribution in [0, 0.1) is 0 Å². The number of hydrogen-bond donors (Lipinski definition) is 0. The second kappa shape index (κ2) is 2.72. The summed E-state index contributed by atoms with van der Waals surface area (Å²) in [5, 5.41) is 0. The van der Waals surface area contributed by atoms with Gasteiger partial charge in [-0.05, 0) is 19.0 Å². The highest BCUT2D eigenvalue weighted by atomic mass is 32.0. The third-order valence-electron chi connectivity index (χ3n) is 0.804. The van der Waals surface area contributed by atoms with Crippen molar-refractivity contribution in [3.8, 4) is 0 Å². The Morgan fingerprint density at radius 2 is 2.67 bits per heavy atom. The zero-order valence-electron chi connectivity index (χ0n) is 3.65. The molecule has 0 spiro atoms. The van der Waals surface area contributed by atoms with Gasteiger partial charge in [0.2, 0.25) is 0 Å². The van der Waals surface area contributed by atoms with E-state index in [1.807, 2.05) is 0 Å². The third-order valence-corrected chi connectivity index (χ3v) is 3.77. The maximum atomic E-state index is 2.38. The highest BCUT2D eigenvalue weighted by molar-refractivity contribution is 8.10. The smallest absolute Gasteiger partial charge is 0.0274 e. The molecule has 1 unspecified atom stereocenters. The van der Waals surface area contributed by atoms with Crippen LogP contribution >= 0.6 is 16.2 Å². The lowest BCUT2D eigenvalue weighted by Crippen LogP contribution is -1.78. The van der Waals surface area contributed by atoms with Gasteiger partial charge in [-0.15, -0.1) is 0 Å². The van der Waals surface area contributed by atoms with E-state index in [1.54, 1.807) is 7.89 Å². The highest BCUT2D eigenvalue weighted by Gasteiger charge is 1.87. The monoisotopic (exact) mass is 118 g/mol. The lowest BCUT2D eigenvalue weighted by molar-refractivity contribution is 1.03. The van der Waals surface area contributed by atoms with E-state index >= 15 is 0 Å². The maximum Gasteiger partial charge on any atom is -0.0274 e. The number of hydrogen-bond acceptors (Lipinski definition) is 0. The molecule has 1 heterocycles. The third kappa shape index (κ3) is 1.37. The van der Waals surface area contributed by atoms with Crippen LogP contribution in [0.25, 0.3) is 0 Å². The summed E-state index contributed by atoms with van der Waals surface area (Å²) < 4.78 is 0. The fourth-order valence-corrected chi connectivity index (χ4v) is 3.03. The Hall–Kier alpha value is 0.600. The summed E-state index contributed by atoms with van der Waals surface area (Å²) in [6.07, 6.45) is 4.30. The largest absolute Gasteiger partial charge is 0.0839 e. The minimum Gasteiger partial charge on any atom is -0.0839 e. The topological polar surface area (TPSA) is 0 Å². The minimum absolute atomic E-state index is 1.22. The molecule has 0 saturated carbocycles. The molecule has 0 saturated heterocycles. The molecular formula is C4H8P2. The van der Waals surface area contributed by atoms with Gasteiger partial charge < -0.3 is 0 Å². The summed E-state index contributed by atoms with van der Waals surface area (Å²) >= 11 is 0. The predicted octanol–water partition coefficient (Wildman–Crippen LogP) is 2.12. The molecule has 0 bridgehead atoms. The fourth-order valence-electron chi connectivity index (χ4n) is 0.466. The second-order valence-electron chi connectivity index (χ2n) is 1.36. The first-order valence-corrected chi connectivity index (χ1v) is 5.26. The van der Waals surface area contributed by atoms with Gasteiger partial charge in [-0.3, -0.25) is 0 Å². The van der Waals surface area contributed by atoms with Crippen molar-refractivity contribution in [1.82, 2.24) is 0 Å². The summed E-state index contributed by atoms with van der Waals surface area (Å²) in [6, 6.07) is 0. The Bertz CT molecular complexity index is 50.6. The van der Waals surface area contributed by atoms with Gasteiger partial charge in [0.05, 0.1) is 0 Å². The molecule has 6 heavy (non-hydrogen) atoms. The molecule has 1 atom stereocenters. The Morgan fingerprint density at radius 3 is 2.83 bits per heavy atom. The Balaban J connectivity index is 2.26. The molecule has 0 nitrogen and oxygen atoms in total. The molecule has 0 N–H and O–H groups in total. The summed E-state index contributed by atoms with van der Waals surface area (Å²) in [4.78, 5) is 0. The fraction of sp³-hybridized carbons (Fsp3) is 0.750. The average molecular weight is 118 g/mol. The van der Waals surface area contributed by atoms with Crippen LogP contribution in [0.1, 0.15) is 12.8 Å². The van der Waals surface area contributed by atoms with Crippen LogP contribution in [-0.2, 0) is 0 Å². The van der Waals surface area contributed by atoms with Crippen LogP contribution in [0.5, 0.6) is 0 Å². The first kappa shape index (κ1) is 4.75. The molecule has 0 aromatic heterocycles. The van der Waals surface area contributed by atoms with Gasteiger partial charge in [-0.1, -0.05) is 22.0 Å². The van der Waals surface area contributed by atoms with Gasteiger partial charge >= 0.3 is 0 Å². The van der Waals surface area contributed by atoms with E-state index in [9.17, 15) is 0 Å². The van der Waals surface area contributed by atoms with Gasteiger partial charge in [0.1, 0.15) is 0 Å². The molecule has 34 valence electrons. The molecule has 0 amide bonds. The van der Waals surface area contributed by atoms with E-state index in [1.165, 1.54) is 27.3 Å². The normalized spacial score (nSPS) is 28.0. The lowest BCUT2D eigenvalue weighted by atomic mass is 10.4. The minimum atomic E-state index is 1.22. The lowest BCUT2D eigenvalue weighted by Gasteiger charge is -1.97. The molecule has 1 aliphatic rings. The van der Waals surface area contributed by atoms with E-state index in [0.29, 0.717) is 0 Å². The summed E-state index contributed by atoms with van der Waals surface area (Å²) in [5.41, 5.74) is 0. The molecule has 0 aromatic carbocycles. The standard InChI is InChI=1S/C4H8P2/c1-2-4-6-5-3-1/h3,6H,1-2,4H2. The molecule has 1 aliphatic heterocycles. The van der Waals surface area contributed by atoms with Crippen molar-refractivity contribution in [2.45, 2.75) is 12.8 Å². The van der Waals surface area contributed by atoms with Gasteiger partial charge in [0, 0.05) is 0 Å². The summed E-state index contributed by atoms with van der Waals surface area (Å²) in [7, 11) is 2.82. The molecule has 0 fully saturated rings. The highest BCUT2D eigenvalue weighted by Crippen LogP contribution is 2.31. The van der Waals surface area contributed by atoms with Gasteiger partial charge in [-0.2, -0.15) is 0 Å². The van der Waals surface area contributed by atoms with Crippen molar-refractivity contribution in [3.63, 3.8) is 0 Å². The van der Waals surface area contributed by atoms with Crippen LogP contribution in [0.4, 0.5) is 0 Å². The van der Waals surface area contributed by atoms with Gasteiger partial charge in [0.15, 0.2) is 0 Å². The van der Waals surface area contributed by atoms with E-state index in [-0.39, 0.29) is 0 Å². The first-order chi connectivity index (χ1) is 3.00. The number of rotatable bonds is 0. The quantitative estimate of drug-likeness (QED) is 0.427. The molecule has 0 aromatic rings. The Labute approximate surface area is 41.8 Å². The van der Waals surface area contributed by atoms with Crippen molar-refractivity contribution in [2.75, 3.05) is 6.16 Å². The molecule has 1 rings (SSSR count). The zero-order chi connectivity index (χ0) is 4.24. The van der Waals surface area contributed by atoms with Crippen LogP contribution in [0.3, 0.4) is 0 Å². The van der Waals surface area contributed by atoms with Crippen molar-refractivity contribution >= 4 is 22.0 Å². The van der Waals surface area contributed by atoms with Crippen LogP contribution < -0.4 is 0 Å². The maximum absolute atomic E-state index is 2.38. The molecule has 0 radical (unpaired) electrons. The van der Waals surface area contributed by atoms with Crippen molar-refractivity contribution < 1.29 is 0 Å². The van der Waals surface area contributed by atoms with Crippen molar-refractivity contribution in [2.24, 2.45) is 0 Å². The molecule has 2 heteroatoms. The van der Waals surface area contributed by atoms with E-state index in [2.05, 4.69) is 5.80 Å². The predicted molar refractivity (Wildman–Crippen MR) is 35.4 cm³/mol. The zero-order valence-corrected chi connectivity index (χ0v) is 5.54. The average Bonchev–Trinajstić information content (AvgIpc) is 1.72.